The first-order valence-electron chi connectivity index (χ1n) is 6.65. The Kier molecular flexibility index (Phi) is 8.97. The van der Waals surface area contributed by atoms with Crippen molar-refractivity contribution in [2.45, 2.75) is 38.8 Å². The Hall–Kier alpha value is -0.650. The topological polar surface area (TPSA) is 55.8 Å². The van der Waals surface area contributed by atoms with Crippen molar-refractivity contribution in [3.63, 3.8) is 0 Å². The molecular formula is C13H29N3O2. The number of carboxylic acid groups (broad SMARTS) is 1. The number of nitrogens with one attached hydrogen (secondary N) is 1. The molecule has 0 bridgehead atoms. The van der Waals surface area contributed by atoms with E-state index in [0.717, 1.165) is 26.1 Å². The van der Waals surface area contributed by atoms with E-state index in [9.17, 15) is 4.79 Å². The molecule has 18 heavy (non-hydrogen) atoms. The molecule has 5 nitrogen and oxygen atoms in total. The van der Waals surface area contributed by atoms with Crippen molar-refractivity contribution in [3.8, 4) is 0 Å². The van der Waals surface area contributed by atoms with Crippen LogP contribution in [0.3, 0.4) is 0 Å². The summed E-state index contributed by atoms with van der Waals surface area (Å²) in [6.45, 7) is 6.82. The summed E-state index contributed by atoms with van der Waals surface area (Å²) in [5.41, 5.74) is 0. The molecule has 0 rings (SSSR count). The highest BCUT2D eigenvalue weighted by Crippen LogP contribution is 1.98. The molecule has 0 aromatic rings. The Labute approximate surface area is 111 Å². The number of nitrogens with zero attached hydrogens (tertiary/aromatic N) is 2. The van der Waals surface area contributed by atoms with Gasteiger partial charge in [0.05, 0.1) is 0 Å². The van der Waals surface area contributed by atoms with Crippen molar-refractivity contribution >= 4 is 5.97 Å². The third-order valence-electron chi connectivity index (χ3n) is 2.78. The number of aliphatic carboxylic acids is 1. The Balaban J connectivity index is 3.85. The van der Waals surface area contributed by atoms with Crippen molar-refractivity contribution in [3.05, 3.63) is 0 Å². The fourth-order valence-corrected chi connectivity index (χ4v) is 1.80. The maximum atomic E-state index is 11.1. The van der Waals surface area contributed by atoms with Gasteiger partial charge in [-0.1, -0.05) is 13.8 Å². The fourth-order valence-electron chi connectivity index (χ4n) is 1.80. The Morgan fingerprint density at radius 1 is 1.17 bits per heavy atom. The molecule has 0 saturated heterocycles. The number of carbonyl (C=O) groups is 1. The van der Waals surface area contributed by atoms with Gasteiger partial charge in [-0.15, -0.1) is 0 Å². The van der Waals surface area contributed by atoms with Gasteiger partial charge in [0, 0.05) is 6.04 Å². The lowest BCUT2D eigenvalue weighted by molar-refractivity contribution is -0.139. The lowest BCUT2D eigenvalue weighted by atomic mass is 10.1. The fraction of sp³-hybridized carbons (Fsp3) is 0.923. The molecule has 108 valence electrons. The average Bonchev–Trinajstić information content (AvgIpc) is 2.22. The molecule has 0 heterocycles. The minimum absolute atomic E-state index is 0.199. The van der Waals surface area contributed by atoms with Crippen LogP contribution in [0.4, 0.5) is 0 Å². The second kappa shape index (κ2) is 9.30. The molecule has 0 amide bonds. The van der Waals surface area contributed by atoms with Gasteiger partial charge in [0.2, 0.25) is 0 Å². The molecule has 0 fully saturated rings. The summed E-state index contributed by atoms with van der Waals surface area (Å²) < 4.78 is 0. The van der Waals surface area contributed by atoms with E-state index in [2.05, 4.69) is 29.2 Å². The second-order valence-electron chi connectivity index (χ2n) is 5.46. The minimum Gasteiger partial charge on any atom is -0.480 e. The van der Waals surface area contributed by atoms with E-state index in [-0.39, 0.29) is 6.04 Å². The molecular weight excluding hydrogens is 230 g/mol. The average molecular weight is 259 g/mol. The summed E-state index contributed by atoms with van der Waals surface area (Å²) in [5, 5.41) is 12.2. The molecule has 2 N–H and O–H groups in total. The van der Waals surface area contributed by atoms with Gasteiger partial charge in [-0.25, -0.2) is 0 Å². The van der Waals surface area contributed by atoms with E-state index in [1.807, 2.05) is 20.9 Å². The van der Waals surface area contributed by atoms with Crippen molar-refractivity contribution < 1.29 is 9.90 Å². The summed E-state index contributed by atoms with van der Waals surface area (Å²) in [7, 11) is 6.17. The maximum absolute atomic E-state index is 11.1. The molecule has 0 aromatic heterocycles. The number of hydrogen-bond donors (Lipinski definition) is 2. The zero-order valence-electron chi connectivity index (χ0n) is 12.4. The van der Waals surface area contributed by atoms with Crippen molar-refractivity contribution in [2.75, 3.05) is 40.8 Å². The van der Waals surface area contributed by atoms with Crippen molar-refractivity contribution in [2.24, 2.45) is 0 Å². The van der Waals surface area contributed by atoms with Crippen LogP contribution in [0.15, 0.2) is 0 Å². The summed E-state index contributed by atoms with van der Waals surface area (Å²) in [4.78, 5) is 15.4. The van der Waals surface area contributed by atoms with Crippen LogP contribution in [0, 0.1) is 0 Å². The minimum atomic E-state index is -0.759. The molecule has 0 spiro atoms. The van der Waals surface area contributed by atoms with Gasteiger partial charge >= 0.3 is 5.97 Å². The first-order valence-corrected chi connectivity index (χ1v) is 6.65. The monoisotopic (exact) mass is 259 g/mol. The normalized spacial score (nSPS) is 13.6. The molecule has 0 aliphatic carbocycles. The standard InChI is InChI=1S/C13H29N3O2/c1-11(2)14-12(13(17)18)7-10-16(5)9-6-8-15(3)4/h11-12,14H,6-10H2,1-5H3,(H,17,18). The predicted molar refractivity (Wildman–Crippen MR) is 75.0 cm³/mol. The lowest BCUT2D eigenvalue weighted by Gasteiger charge is -2.22. The van der Waals surface area contributed by atoms with Crippen LogP contribution in [-0.2, 0) is 4.79 Å². The maximum Gasteiger partial charge on any atom is 0.320 e. The Bertz CT molecular complexity index is 232. The highest BCUT2D eigenvalue weighted by Gasteiger charge is 2.18. The number of rotatable bonds is 10. The smallest absolute Gasteiger partial charge is 0.320 e. The van der Waals surface area contributed by atoms with E-state index in [1.54, 1.807) is 0 Å². The van der Waals surface area contributed by atoms with Gasteiger partial charge in [-0.2, -0.15) is 0 Å². The number of carboxylic acids is 1. The van der Waals surface area contributed by atoms with Crippen molar-refractivity contribution in [1.82, 2.24) is 15.1 Å². The van der Waals surface area contributed by atoms with Gasteiger partial charge in [0.15, 0.2) is 0 Å². The first-order chi connectivity index (χ1) is 8.32. The van der Waals surface area contributed by atoms with E-state index >= 15 is 0 Å². The quantitative estimate of drug-likeness (QED) is 0.605. The molecule has 0 saturated carbocycles. The number of hydrogen-bond acceptors (Lipinski definition) is 4. The molecule has 0 aromatic carbocycles. The van der Waals surface area contributed by atoms with E-state index in [0.29, 0.717) is 6.42 Å². The largest absolute Gasteiger partial charge is 0.480 e. The molecule has 0 radical (unpaired) electrons. The summed E-state index contributed by atoms with van der Waals surface area (Å²) in [6.07, 6.45) is 1.75. The highest BCUT2D eigenvalue weighted by molar-refractivity contribution is 5.73. The Morgan fingerprint density at radius 2 is 1.78 bits per heavy atom. The van der Waals surface area contributed by atoms with E-state index < -0.39 is 12.0 Å². The van der Waals surface area contributed by atoms with Crippen molar-refractivity contribution in [1.29, 1.82) is 0 Å². The third kappa shape index (κ3) is 9.39. The van der Waals surface area contributed by atoms with E-state index in [4.69, 9.17) is 5.11 Å². The Morgan fingerprint density at radius 3 is 2.22 bits per heavy atom. The molecule has 5 heteroatoms. The highest BCUT2D eigenvalue weighted by atomic mass is 16.4. The molecule has 0 aliphatic heterocycles. The summed E-state index contributed by atoms with van der Waals surface area (Å²) >= 11 is 0. The van der Waals surface area contributed by atoms with Crippen LogP contribution < -0.4 is 5.32 Å². The zero-order chi connectivity index (χ0) is 14.1. The summed E-state index contributed by atoms with van der Waals surface area (Å²) in [6, 6.07) is -0.244. The summed E-state index contributed by atoms with van der Waals surface area (Å²) in [5.74, 6) is -0.759. The molecule has 1 unspecified atom stereocenters. The van der Waals surface area contributed by atoms with Crippen LogP contribution in [0.5, 0.6) is 0 Å². The molecule has 1 atom stereocenters. The second-order valence-corrected chi connectivity index (χ2v) is 5.46. The zero-order valence-corrected chi connectivity index (χ0v) is 12.4. The SMILES string of the molecule is CC(C)NC(CCN(C)CCCN(C)C)C(=O)O. The van der Waals surface area contributed by atoms with Crippen LogP contribution in [0.25, 0.3) is 0 Å². The van der Waals surface area contributed by atoms with Crippen LogP contribution in [0.2, 0.25) is 0 Å². The third-order valence-corrected chi connectivity index (χ3v) is 2.78. The van der Waals surface area contributed by atoms with Gasteiger partial charge in [-0.3, -0.25) is 4.79 Å². The van der Waals surface area contributed by atoms with Crippen LogP contribution in [0.1, 0.15) is 26.7 Å². The first kappa shape index (κ1) is 17.4. The van der Waals surface area contributed by atoms with Gasteiger partial charge in [-0.05, 0) is 53.6 Å². The van der Waals surface area contributed by atoms with Gasteiger partial charge in [0.1, 0.15) is 6.04 Å². The van der Waals surface area contributed by atoms with E-state index in [1.165, 1.54) is 0 Å². The molecule has 0 aliphatic rings. The predicted octanol–water partition coefficient (Wildman–Crippen LogP) is 0.711. The van der Waals surface area contributed by atoms with Gasteiger partial charge in [0.25, 0.3) is 0 Å². The van der Waals surface area contributed by atoms with Crippen LogP contribution in [-0.4, -0.2) is 73.7 Å². The van der Waals surface area contributed by atoms with Gasteiger partial charge < -0.3 is 20.2 Å². The van der Waals surface area contributed by atoms with Crippen LogP contribution >= 0.6 is 0 Å². The lowest BCUT2D eigenvalue weighted by Crippen LogP contribution is -2.42.